The quantitative estimate of drug-likeness (QED) is 0.357. The SMILES string of the molecule is COc1cc(NC(=O)C2CC(=O)Nc3nc(Nc4cc(Cl)cc(Cl)c4)[nH]c(=O)c32)cc(OC)c1OC. The molecule has 1 aliphatic heterocycles. The van der Waals surface area contributed by atoms with Crippen molar-refractivity contribution in [2.24, 2.45) is 0 Å². The van der Waals surface area contributed by atoms with Crippen LogP contribution < -0.4 is 35.7 Å². The number of nitrogens with zero attached hydrogens (tertiary/aromatic N) is 1. The summed E-state index contributed by atoms with van der Waals surface area (Å²) in [7, 11) is 4.34. The Morgan fingerprint density at radius 1 is 0.972 bits per heavy atom. The second-order valence-corrected chi connectivity index (χ2v) is 8.54. The molecule has 0 spiro atoms. The summed E-state index contributed by atoms with van der Waals surface area (Å²) >= 11 is 12.0. The Morgan fingerprint density at radius 3 is 2.19 bits per heavy atom. The van der Waals surface area contributed by atoms with Crippen LogP contribution in [-0.2, 0) is 9.59 Å². The number of fused-ring (bicyclic) bond motifs is 1. The van der Waals surface area contributed by atoms with Gasteiger partial charge < -0.3 is 30.2 Å². The highest BCUT2D eigenvalue weighted by Crippen LogP contribution is 2.40. The molecule has 1 unspecified atom stereocenters. The molecule has 1 atom stereocenters. The second kappa shape index (κ2) is 10.3. The normalized spacial score (nSPS) is 14.4. The molecule has 2 amide bonds. The van der Waals surface area contributed by atoms with Crippen molar-refractivity contribution in [1.29, 1.82) is 0 Å². The highest BCUT2D eigenvalue weighted by Gasteiger charge is 2.35. The summed E-state index contributed by atoms with van der Waals surface area (Å²) in [6.07, 6.45) is -0.245. The zero-order valence-electron chi connectivity index (χ0n) is 19.3. The first-order valence-corrected chi connectivity index (χ1v) is 11.3. The minimum absolute atomic E-state index is 0.0224. The maximum Gasteiger partial charge on any atom is 0.258 e. The van der Waals surface area contributed by atoms with Crippen molar-refractivity contribution in [1.82, 2.24) is 9.97 Å². The lowest BCUT2D eigenvalue weighted by Crippen LogP contribution is -2.36. The van der Waals surface area contributed by atoms with E-state index in [9.17, 15) is 14.4 Å². The van der Waals surface area contributed by atoms with E-state index in [0.717, 1.165) is 0 Å². The number of hydrogen-bond donors (Lipinski definition) is 4. The van der Waals surface area contributed by atoms with Gasteiger partial charge in [0.05, 0.1) is 32.8 Å². The number of rotatable bonds is 7. The fourth-order valence-electron chi connectivity index (χ4n) is 3.80. The van der Waals surface area contributed by atoms with Crippen LogP contribution in [0, 0.1) is 0 Å². The van der Waals surface area contributed by atoms with Gasteiger partial charge in [-0.15, -0.1) is 0 Å². The Morgan fingerprint density at radius 2 is 1.61 bits per heavy atom. The molecule has 4 rings (SSSR count). The van der Waals surface area contributed by atoms with Crippen LogP contribution in [0.4, 0.5) is 23.1 Å². The number of H-pyrrole nitrogens is 1. The molecule has 1 aliphatic rings. The molecule has 0 aliphatic carbocycles. The van der Waals surface area contributed by atoms with Gasteiger partial charge in [0.25, 0.3) is 5.56 Å². The first-order valence-electron chi connectivity index (χ1n) is 10.5. The number of hydrogen-bond acceptors (Lipinski definition) is 8. The van der Waals surface area contributed by atoms with Crippen molar-refractivity contribution in [3.8, 4) is 17.2 Å². The number of nitrogens with one attached hydrogen (secondary N) is 4. The van der Waals surface area contributed by atoms with E-state index in [1.54, 1.807) is 18.2 Å². The van der Waals surface area contributed by atoms with Gasteiger partial charge in [-0.05, 0) is 18.2 Å². The Hall–Kier alpha value is -3.96. The van der Waals surface area contributed by atoms with Crippen LogP contribution in [0.25, 0.3) is 0 Å². The summed E-state index contributed by atoms with van der Waals surface area (Å²) in [5, 5.41) is 8.90. The molecule has 0 bridgehead atoms. The summed E-state index contributed by atoms with van der Waals surface area (Å²) in [4.78, 5) is 45.4. The van der Waals surface area contributed by atoms with Crippen molar-refractivity contribution in [3.05, 3.63) is 56.3 Å². The first-order chi connectivity index (χ1) is 17.2. The molecule has 11 nitrogen and oxygen atoms in total. The molecular weight excluding hydrogens is 513 g/mol. The smallest absolute Gasteiger partial charge is 0.258 e. The van der Waals surface area contributed by atoms with Crippen molar-refractivity contribution < 1.29 is 23.8 Å². The Kier molecular flexibility index (Phi) is 7.22. The number of ether oxygens (including phenoxy) is 3. The lowest BCUT2D eigenvalue weighted by molar-refractivity contribution is -0.123. The van der Waals surface area contributed by atoms with Crippen molar-refractivity contribution in [3.63, 3.8) is 0 Å². The maximum atomic E-state index is 13.2. The van der Waals surface area contributed by atoms with Gasteiger partial charge in [0, 0.05) is 40.0 Å². The van der Waals surface area contributed by atoms with Gasteiger partial charge >= 0.3 is 0 Å². The molecule has 0 saturated carbocycles. The van der Waals surface area contributed by atoms with E-state index >= 15 is 0 Å². The predicted molar refractivity (Wildman–Crippen MR) is 135 cm³/mol. The number of halogens is 2. The fraction of sp³-hybridized carbons (Fsp3) is 0.217. The molecule has 2 heterocycles. The Labute approximate surface area is 215 Å². The van der Waals surface area contributed by atoms with E-state index in [-0.39, 0.29) is 23.8 Å². The molecule has 2 aromatic carbocycles. The number of benzene rings is 2. The lowest BCUT2D eigenvalue weighted by atomic mass is 9.92. The zero-order valence-corrected chi connectivity index (χ0v) is 20.8. The van der Waals surface area contributed by atoms with Gasteiger partial charge in [-0.3, -0.25) is 19.4 Å². The molecule has 1 aromatic heterocycles. The fourth-order valence-corrected chi connectivity index (χ4v) is 4.33. The number of carbonyl (C=O) groups is 2. The minimum atomic E-state index is -1.10. The van der Waals surface area contributed by atoms with Gasteiger partial charge in [0.2, 0.25) is 23.5 Å². The van der Waals surface area contributed by atoms with Crippen molar-refractivity contribution >= 4 is 58.2 Å². The maximum absolute atomic E-state index is 13.2. The van der Waals surface area contributed by atoms with E-state index in [0.29, 0.717) is 38.7 Å². The summed E-state index contributed by atoms with van der Waals surface area (Å²) in [6.45, 7) is 0. The van der Waals surface area contributed by atoms with E-state index in [4.69, 9.17) is 37.4 Å². The average Bonchev–Trinajstić information content (AvgIpc) is 2.81. The summed E-state index contributed by atoms with van der Waals surface area (Å²) in [5.41, 5.74) is 0.215. The Bertz CT molecular complexity index is 1360. The lowest BCUT2D eigenvalue weighted by Gasteiger charge is -2.24. The first kappa shape index (κ1) is 25.1. The van der Waals surface area contributed by atoms with Crippen LogP contribution >= 0.6 is 23.2 Å². The number of amides is 2. The van der Waals surface area contributed by atoms with Gasteiger partial charge in [-0.25, -0.2) is 0 Å². The third-order valence-corrected chi connectivity index (χ3v) is 5.76. The molecule has 4 N–H and O–H groups in total. The van der Waals surface area contributed by atoms with E-state index < -0.39 is 23.3 Å². The number of anilines is 4. The van der Waals surface area contributed by atoms with Gasteiger partial charge in [0.1, 0.15) is 5.82 Å². The highest BCUT2D eigenvalue weighted by atomic mass is 35.5. The van der Waals surface area contributed by atoms with E-state index in [2.05, 4.69) is 25.9 Å². The highest BCUT2D eigenvalue weighted by molar-refractivity contribution is 6.35. The molecule has 0 saturated heterocycles. The van der Waals surface area contributed by atoms with Gasteiger partial charge in [-0.1, -0.05) is 23.2 Å². The molecule has 0 radical (unpaired) electrons. The van der Waals surface area contributed by atoms with E-state index in [1.165, 1.54) is 33.5 Å². The minimum Gasteiger partial charge on any atom is -0.493 e. The van der Waals surface area contributed by atoms with Crippen molar-refractivity contribution in [2.75, 3.05) is 37.3 Å². The van der Waals surface area contributed by atoms with Gasteiger partial charge in [0.15, 0.2) is 11.5 Å². The summed E-state index contributed by atoms with van der Waals surface area (Å²) in [5.74, 6) is -1.16. The summed E-state index contributed by atoms with van der Waals surface area (Å²) < 4.78 is 15.9. The van der Waals surface area contributed by atoms with E-state index in [1.807, 2.05) is 0 Å². The van der Waals surface area contributed by atoms with Crippen LogP contribution in [0.1, 0.15) is 17.9 Å². The largest absolute Gasteiger partial charge is 0.493 e. The van der Waals surface area contributed by atoms with Crippen LogP contribution in [0.3, 0.4) is 0 Å². The molecular formula is C23H21Cl2N5O6. The molecule has 3 aromatic rings. The molecule has 0 fully saturated rings. The summed E-state index contributed by atoms with van der Waals surface area (Å²) in [6, 6.07) is 7.79. The number of carbonyl (C=O) groups excluding carboxylic acids is 2. The zero-order chi connectivity index (χ0) is 26.0. The third kappa shape index (κ3) is 5.16. The molecule has 188 valence electrons. The van der Waals surface area contributed by atoms with Crippen LogP contribution in [-0.4, -0.2) is 43.1 Å². The number of aromatic amines is 1. The second-order valence-electron chi connectivity index (χ2n) is 7.67. The average molecular weight is 534 g/mol. The van der Waals surface area contributed by atoms with Crippen LogP contribution in [0.15, 0.2) is 35.1 Å². The van der Waals surface area contributed by atoms with Crippen LogP contribution in [0.2, 0.25) is 10.0 Å². The van der Waals surface area contributed by atoms with Gasteiger partial charge in [-0.2, -0.15) is 4.98 Å². The monoisotopic (exact) mass is 533 g/mol. The van der Waals surface area contributed by atoms with Crippen LogP contribution in [0.5, 0.6) is 17.2 Å². The molecule has 36 heavy (non-hydrogen) atoms. The third-order valence-electron chi connectivity index (χ3n) is 5.33. The number of aromatic nitrogens is 2. The van der Waals surface area contributed by atoms with Crippen molar-refractivity contribution in [2.45, 2.75) is 12.3 Å². The standard InChI is InChI=1S/C23H21Cl2N5O6/c1-34-15-7-13(8-16(35-2)19(15)36-3)26-21(32)14-9-17(31)28-20-18(14)22(33)30-23(29-20)27-12-5-10(24)4-11(25)6-12/h4-8,14H,9H2,1-3H3,(H,26,32)(H3,27,28,29,30,31,33). The topological polar surface area (TPSA) is 144 Å². The predicted octanol–water partition coefficient (Wildman–Crippen LogP) is 3.91. The molecule has 13 heteroatoms. The Balaban J connectivity index is 1.65. The number of methoxy groups -OCH3 is 3.